The number of amides is 2. The van der Waals surface area contributed by atoms with E-state index in [0.717, 1.165) is 5.56 Å². The van der Waals surface area contributed by atoms with Gasteiger partial charge >= 0.3 is 6.03 Å². The molecule has 0 aromatic heterocycles. The summed E-state index contributed by atoms with van der Waals surface area (Å²) in [6.07, 6.45) is 0.0935. The van der Waals surface area contributed by atoms with E-state index in [0.29, 0.717) is 31.0 Å². The number of ether oxygens (including phenoxy) is 1. The van der Waals surface area contributed by atoms with Crippen molar-refractivity contribution in [2.75, 3.05) is 11.9 Å². The Morgan fingerprint density at radius 1 is 1.21 bits per heavy atom. The van der Waals surface area contributed by atoms with Crippen LogP contribution in [0.3, 0.4) is 0 Å². The van der Waals surface area contributed by atoms with Crippen LogP contribution in [0, 0.1) is 6.92 Å². The van der Waals surface area contributed by atoms with Gasteiger partial charge in [-0.2, -0.15) is 0 Å². The molecule has 1 unspecified atom stereocenters. The molecule has 0 aliphatic carbocycles. The van der Waals surface area contributed by atoms with Crippen LogP contribution in [0.2, 0.25) is 0 Å². The Morgan fingerprint density at radius 2 is 2.00 bits per heavy atom. The molecular weight excluding hydrogens is 304 g/mol. The van der Waals surface area contributed by atoms with Crippen molar-refractivity contribution in [3.05, 3.63) is 59.7 Å². The Bertz CT molecular complexity index is 671. The molecule has 5 nitrogen and oxygen atoms in total. The molecule has 0 saturated heterocycles. The highest BCUT2D eigenvalue weighted by atomic mass is 16.5. The molecule has 0 aliphatic rings. The summed E-state index contributed by atoms with van der Waals surface area (Å²) in [7, 11) is 0. The van der Waals surface area contributed by atoms with Crippen LogP contribution in [0.25, 0.3) is 0 Å². The van der Waals surface area contributed by atoms with Crippen LogP contribution in [-0.4, -0.2) is 23.8 Å². The van der Waals surface area contributed by atoms with E-state index >= 15 is 0 Å². The van der Waals surface area contributed by atoms with Crippen LogP contribution in [0.5, 0.6) is 5.75 Å². The van der Waals surface area contributed by atoms with Gasteiger partial charge in [0, 0.05) is 18.3 Å². The lowest BCUT2D eigenvalue weighted by Crippen LogP contribution is -2.30. The van der Waals surface area contributed by atoms with Gasteiger partial charge < -0.3 is 20.5 Å². The Hall–Kier alpha value is -2.53. The van der Waals surface area contributed by atoms with Crippen LogP contribution in [0.15, 0.2) is 48.5 Å². The van der Waals surface area contributed by atoms with Crippen molar-refractivity contribution < 1.29 is 14.6 Å². The van der Waals surface area contributed by atoms with Crippen molar-refractivity contribution >= 4 is 11.7 Å². The summed E-state index contributed by atoms with van der Waals surface area (Å²) in [4.78, 5) is 11.8. The highest BCUT2D eigenvalue weighted by Gasteiger charge is 2.04. The number of rotatable bonds is 7. The van der Waals surface area contributed by atoms with Crippen LogP contribution in [0.4, 0.5) is 10.5 Å². The Morgan fingerprint density at radius 3 is 2.75 bits per heavy atom. The molecule has 2 aromatic rings. The molecule has 2 amide bonds. The first-order chi connectivity index (χ1) is 11.5. The summed E-state index contributed by atoms with van der Waals surface area (Å²) >= 11 is 0. The van der Waals surface area contributed by atoms with Crippen LogP contribution in [0.1, 0.15) is 24.5 Å². The summed E-state index contributed by atoms with van der Waals surface area (Å²) in [5.74, 6) is 0.694. The van der Waals surface area contributed by atoms with Crippen LogP contribution < -0.4 is 15.4 Å². The minimum Gasteiger partial charge on any atom is -0.489 e. The third kappa shape index (κ3) is 5.93. The first-order valence-corrected chi connectivity index (χ1v) is 8.05. The molecule has 3 N–H and O–H groups in total. The lowest BCUT2D eigenvalue weighted by atomic mass is 10.1. The number of aryl methyl sites for hydroxylation is 1. The lowest BCUT2D eigenvalue weighted by molar-refractivity contribution is 0.184. The van der Waals surface area contributed by atoms with E-state index in [-0.39, 0.29) is 6.03 Å². The van der Waals surface area contributed by atoms with Gasteiger partial charge in [0.05, 0.1) is 6.10 Å². The topological polar surface area (TPSA) is 70.6 Å². The smallest absolute Gasteiger partial charge is 0.319 e. The third-order valence-electron chi connectivity index (χ3n) is 3.60. The highest BCUT2D eigenvalue weighted by molar-refractivity contribution is 5.89. The van der Waals surface area contributed by atoms with E-state index < -0.39 is 6.10 Å². The SMILES string of the molecule is Cc1ccccc1COc1cccc(NC(=O)NCCC(C)O)c1. The molecule has 128 valence electrons. The second-order valence-corrected chi connectivity index (χ2v) is 5.76. The summed E-state index contributed by atoms with van der Waals surface area (Å²) in [5, 5.41) is 14.6. The molecule has 0 fully saturated rings. The van der Waals surface area contributed by atoms with E-state index in [1.54, 1.807) is 19.1 Å². The van der Waals surface area contributed by atoms with Gasteiger partial charge in [0.25, 0.3) is 0 Å². The second-order valence-electron chi connectivity index (χ2n) is 5.76. The number of nitrogens with one attached hydrogen (secondary N) is 2. The number of aliphatic hydroxyl groups excluding tert-OH is 1. The average molecular weight is 328 g/mol. The molecule has 0 spiro atoms. The minimum absolute atomic E-state index is 0.299. The fourth-order valence-corrected chi connectivity index (χ4v) is 2.17. The van der Waals surface area contributed by atoms with Crippen molar-refractivity contribution in [1.29, 1.82) is 0 Å². The molecule has 2 aromatic carbocycles. The maximum atomic E-state index is 11.8. The summed E-state index contributed by atoms with van der Waals surface area (Å²) in [6.45, 7) is 4.65. The van der Waals surface area contributed by atoms with Gasteiger partial charge in [-0.05, 0) is 43.5 Å². The van der Waals surface area contributed by atoms with E-state index in [9.17, 15) is 9.90 Å². The lowest BCUT2D eigenvalue weighted by Gasteiger charge is -2.11. The van der Waals surface area contributed by atoms with E-state index in [1.807, 2.05) is 43.3 Å². The largest absolute Gasteiger partial charge is 0.489 e. The van der Waals surface area contributed by atoms with Crippen LogP contribution >= 0.6 is 0 Å². The Kier molecular flexibility index (Phi) is 6.63. The summed E-state index contributed by atoms with van der Waals surface area (Å²) in [6, 6.07) is 15.0. The fraction of sp³-hybridized carbons (Fsp3) is 0.316. The van der Waals surface area contributed by atoms with Crippen molar-refractivity contribution in [3.8, 4) is 5.75 Å². The van der Waals surface area contributed by atoms with Gasteiger partial charge in [0.2, 0.25) is 0 Å². The molecule has 1 atom stereocenters. The summed E-state index contributed by atoms with van der Waals surface area (Å²) < 4.78 is 5.80. The number of aliphatic hydroxyl groups is 1. The monoisotopic (exact) mass is 328 g/mol. The number of carbonyl (C=O) groups excluding carboxylic acids is 1. The Labute approximate surface area is 142 Å². The van der Waals surface area contributed by atoms with E-state index in [1.165, 1.54) is 5.56 Å². The fourth-order valence-electron chi connectivity index (χ4n) is 2.17. The first kappa shape index (κ1) is 17.8. The zero-order valence-corrected chi connectivity index (χ0v) is 14.1. The minimum atomic E-state index is -0.427. The van der Waals surface area contributed by atoms with E-state index in [2.05, 4.69) is 10.6 Å². The Balaban J connectivity index is 1.87. The molecule has 5 heteroatoms. The molecule has 0 radical (unpaired) electrons. The van der Waals surface area contributed by atoms with Crippen molar-refractivity contribution in [3.63, 3.8) is 0 Å². The highest BCUT2D eigenvalue weighted by Crippen LogP contribution is 2.19. The molecule has 0 bridgehead atoms. The second kappa shape index (κ2) is 8.93. The zero-order valence-electron chi connectivity index (χ0n) is 14.1. The normalized spacial score (nSPS) is 11.6. The number of urea groups is 1. The molecule has 24 heavy (non-hydrogen) atoms. The standard InChI is InChI=1S/C19H24N2O3/c1-14-6-3-4-7-16(14)13-24-18-9-5-8-17(12-18)21-19(23)20-11-10-15(2)22/h3-9,12,15,22H,10-11,13H2,1-2H3,(H2,20,21,23). The number of hydrogen-bond donors (Lipinski definition) is 3. The quantitative estimate of drug-likeness (QED) is 0.729. The van der Waals surface area contributed by atoms with Gasteiger partial charge in [-0.15, -0.1) is 0 Å². The molecular formula is C19H24N2O3. The number of benzene rings is 2. The van der Waals surface area contributed by atoms with Crippen molar-refractivity contribution in [1.82, 2.24) is 5.32 Å². The molecule has 0 saturated carbocycles. The van der Waals surface area contributed by atoms with Gasteiger partial charge in [-0.3, -0.25) is 0 Å². The predicted octanol–water partition coefficient (Wildman–Crippen LogP) is 3.47. The summed E-state index contributed by atoms with van der Waals surface area (Å²) in [5.41, 5.74) is 2.97. The van der Waals surface area contributed by atoms with Gasteiger partial charge in [0.1, 0.15) is 12.4 Å². The van der Waals surface area contributed by atoms with Gasteiger partial charge in [-0.25, -0.2) is 4.79 Å². The molecule has 2 rings (SSSR count). The third-order valence-corrected chi connectivity index (χ3v) is 3.60. The molecule has 0 heterocycles. The van der Waals surface area contributed by atoms with Gasteiger partial charge in [-0.1, -0.05) is 30.3 Å². The van der Waals surface area contributed by atoms with E-state index in [4.69, 9.17) is 4.74 Å². The zero-order chi connectivity index (χ0) is 17.4. The van der Waals surface area contributed by atoms with Crippen LogP contribution in [-0.2, 0) is 6.61 Å². The maximum Gasteiger partial charge on any atom is 0.319 e. The van der Waals surface area contributed by atoms with Crippen molar-refractivity contribution in [2.24, 2.45) is 0 Å². The number of carbonyl (C=O) groups is 1. The first-order valence-electron chi connectivity index (χ1n) is 8.05. The predicted molar refractivity (Wildman–Crippen MR) is 95.3 cm³/mol. The number of anilines is 1. The maximum absolute atomic E-state index is 11.8. The van der Waals surface area contributed by atoms with Gasteiger partial charge in [0.15, 0.2) is 0 Å². The van der Waals surface area contributed by atoms with Crippen molar-refractivity contribution in [2.45, 2.75) is 33.0 Å². The number of hydrogen-bond acceptors (Lipinski definition) is 3. The molecule has 0 aliphatic heterocycles. The average Bonchev–Trinajstić information content (AvgIpc) is 2.54.